The van der Waals surface area contributed by atoms with Gasteiger partial charge in [-0.05, 0) is 29.8 Å². The molecule has 0 radical (unpaired) electrons. The molecule has 2 heteroatoms. The molecule has 19 heavy (non-hydrogen) atoms. The fourth-order valence-electron chi connectivity index (χ4n) is 1.61. The van der Waals surface area contributed by atoms with Gasteiger partial charge >= 0.3 is 0 Å². The highest BCUT2D eigenvalue weighted by atomic mass is 16.5. The van der Waals surface area contributed by atoms with Gasteiger partial charge in [0.1, 0.15) is 18.1 Å². The number of benzene rings is 2. The lowest BCUT2D eigenvalue weighted by Crippen LogP contribution is -1.92. The van der Waals surface area contributed by atoms with E-state index in [0.29, 0.717) is 6.61 Å². The molecule has 2 rings (SSSR count). The molecule has 2 nitrogen and oxygen atoms in total. The van der Waals surface area contributed by atoms with Crippen LogP contribution in [0.1, 0.15) is 18.9 Å². The summed E-state index contributed by atoms with van der Waals surface area (Å²) >= 11 is 0. The molecule has 0 aliphatic heterocycles. The SMILES string of the molecule is C=C(CC)OCc1cccc(Oc2ccccc2)c1. The van der Waals surface area contributed by atoms with Crippen LogP contribution in [0.25, 0.3) is 0 Å². The molecular weight excluding hydrogens is 236 g/mol. The van der Waals surface area contributed by atoms with E-state index in [1.165, 1.54) is 0 Å². The molecule has 0 N–H and O–H groups in total. The maximum Gasteiger partial charge on any atom is 0.127 e. The van der Waals surface area contributed by atoms with E-state index in [9.17, 15) is 0 Å². The van der Waals surface area contributed by atoms with Crippen molar-refractivity contribution in [3.63, 3.8) is 0 Å². The number of ether oxygens (including phenoxy) is 2. The van der Waals surface area contributed by atoms with Crippen molar-refractivity contribution >= 4 is 0 Å². The average molecular weight is 254 g/mol. The molecule has 0 aliphatic carbocycles. The molecule has 0 spiro atoms. The molecule has 0 fully saturated rings. The first-order valence-corrected chi connectivity index (χ1v) is 6.40. The van der Waals surface area contributed by atoms with Gasteiger partial charge in [-0.15, -0.1) is 0 Å². The quantitative estimate of drug-likeness (QED) is 0.681. The second kappa shape index (κ2) is 6.64. The van der Waals surface area contributed by atoms with Crippen LogP contribution in [0.15, 0.2) is 66.9 Å². The first kappa shape index (κ1) is 13.2. The number of allylic oxidation sites excluding steroid dienone is 1. The topological polar surface area (TPSA) is 18.5 Å². The van der Waals surface area contributed by atoms with E-state index in [0.717, 1.165) is 29.2 Å². The Morgan fingerprint density at radius 1 is 1.00 bits per heavy atom. The third-order valence-electron chi connectivity index (χ3n) is 2.71. The summed E-state index contributed by atoms with van der Waals surface area (Å²) in [6, 6.07) is 17.6. The van der Waals surface area contributed by atoms with E-state index in [-0.39, 0.29) is 0 Å². The van der Waals surface area contributed by atoms with Crippen LogP contribution in [0.4, 0.5) is 0 Å². The Labute approximate surface area is 114 Å². The van der Waals surface area contributed by atoms with Crippen molar-refractivity contribution < 1.29 is 9.47 Å². The summed E-state index contributed by atoms with van der Waals surface area (Å²) in [6.45, 7) is 6.38. The Morgan fingerprint density at radius 2 is 1.74 bits per heavy atom. The van der Waals surface area contributed by atoms with E-state index in [4.69, 9.17) is 9.47 Å². The van der Waals surface area contributed by atoms with E-state index in [1.54, 1.807) is 0 Å². The van der Waals surface area contributed by atoms with Crippen LogP contribution >= 0.6 is 0 Å². The van der Waals surface area contributed by atoms with Gasteiger partial charge in [0, 0.05) is 6.42 Å². The van der Waals surface area contributed by atoms with Gasteiger partial charge in [0.05, 0.1) is 5.76 Å². The standard InChI is InChI=1S/C17H18O2/c1-3-14(2)18-13-15-8-7-11-17(12-15)19-16-9-5-4-6-10-16/h4-12H,2-3,13H2,1H3. The zero-order valence-corrected chi connectivity index (χ0v) is 11.1. The van der Waals surface area contributed by atoms with Crippen LogP contribution in [0.5, 0.6) is 11.5 Å². The summed E-state index contributed by atoms with van der Waals surface area (Å²) in [5, 5.41) is 0. The lowest BCUT2D eigenvalue weighted by atomic mass is 10.2. The molecule has 98 valence electrons. The van der Waals surface area contributed by atoms with Gasteiger partial charge in [0.15, 0.2) is 0 Å². The van der Waals surface area contributed by atoms with Crippen molar-refractivity contribution in [2.45, 2.75) is 20.0 Å². The van der Waals surface area contributed by atoms with E-state index in [1.807, 2.05) is 61.5 Å². The minimum Gasteiger partial charge on any atom is -0.494 e. The molecule has 0 bridgehead atoms. The highest BCUT2D eigenvalue weighted by Crippen LogP contribution is 2.22. The summed E-state index contributed by atoms with van der Waals surface area (Å²) in [4.78, 5) is 0. The predicted molar refractivity (Wildman–Crippen MR) is 77.2 cm³/mol. The number of rotatable bonds is 6. The molecule has 0 amide bonds. The molecule has 2 aromatic carbocycles. The normalized spacial score (nSPS) is 9.95. The third kappa shape index (κ3) is 4.18. The first-order valence-electron chi connectivity index (χ1n) is 6.40. The summed E-state index contributed by atoms with van der Waals surface area (Å²) in [5.74, 6) is 2.45. The van der Waals surface area contributed by atoms with Crippen LogP contribution < -0.4 is 4.74 Å². The first-order chi connectivity index (χ1) is 9.28. The van der Waals surface area contributed by atoms with Gasteiger partial charge in [-0.1, -0.05) is 43.8 Å². The maximum absolute atomic E-state index is 5.77. The number of hydrogen-bond acceptors (Lipinski definition) is 2. The van der Waals surface area contributed by atoms with Crippen molar-refractivity contribution in [3.05, 3.63) is 72.5 Å². The number of hydrogen-bond donors (Lipinski definition) is 0. The van der Waals surface area contributed by atoms with Crippen LogP contribution in [-0.2, 0) is 11.3 Å². The monoisotopic (exact) mass is 254 g/mol. The molecule has 0 saturated heterocycles. The van der Waals surface area contributed by atoms with Gasteiger partial charge in [-0.25, -0.2) is 0 Å². The largest absolute Gasteiger partial charge is 0.494 e. The highest BCUT2D eigenvalue weighted by Gasteiger charge is 2.00. The lowest BCUT2D eigenvalue weighted by Gasteiger charge is -2.09. The smallest absolute Gasteiger partial charge is 0.127 e. The van der Waals surface area contributed by atoms with E-state index >= 15 is 0 Å². The Balaban J connectivity index is 2.01. The van der Waals surface area contributed by atoms with Crippen molar-refractivity contribution in [2.75, 3.05) is 0 Å². The molecule has 0 aliphatic rings. The molecule has 0 heterocycles. The Bertz CT molecular complexity index is 532. The maximum atomic E-state index is 5.77. The van der Waals surface area contributed by atoms with Crippen molar-refractivity contribution in [2.24, 2.45) is 0 Å². The molecule has 0 aromatic heterocycles. The highest BCUT2D eigenvalue weighted by molar-refractivity contribution is 5.33. The Hall–Kier alpha value is -2.22. The zero-order valence-electron chi connectivity index (χ0n) is 11.1. The van der Waals surface area contributed by atoms with E-state index in [2.05, 4.69) is 6.58 Å². The van der Waals surface area contributed by atoms with Crippen molar-refractivity contribution in [1.82, 2.24) is 0 Å². The van der Waals surface area contributed by atoms with Crippen molar-refractivity contribution in [1.29, 1.82) is 0 Å². The molecular formula is C17H18O2. The third-order valence-corrected chi connectivity index (χ3v) is 2.71. The van der Waals surface area contributed by atoms with Crippen LogP contribution in [0, 0.1) is 0 Å². The van der Waals surface area contributed by atoms with Crippen molar-refractivity contribution in [3.8, 4) is 11.5 Å². The van der Waals surface area contributed by atoms with Gasteiger partial charge in [0.2, 0.25) is 0 Å². The minimum atomic E-state index is 0.526. The summed E-state index contributed by atoms with van der Waals surface area (Å²) in [7, 11) is 0. The Kier molecular flexibility index (Phi) is 4.62. The average Bonchev–Trinajstić information content (AvgIpc) is 2.46. The lowest BCUT2D eigenvalue weighted by molar-refractivity contribution is 0.192. The fourth-order valence-corrected chi connectivity index (χ4v) is 1.61. The van der Waals surface area contributed by atoms with Gasteiger partial charge in [0.25, 0.3) is 0 Å². The minimum absolute atomic E-state index is 0.526. The van der Waals surface area contributed by atoms with Gasteiger partial charge in [-0.3, -0.25) is 0 Å². The second-order valence-electron chi connectivity index (χ2n) is 4.24. The Morgan fingerprint density at radius 3 is 2.47 bits per heavy atom. The van der Waals surface area contributed by atoms with Crippen LogP contribution in [-0.4, -0.2) is 0 Å². The fraction of sp³-hybridized carbons (Fsp3) is 0.176. The van der Waals surface area contributed by atoms with Crippen LogP contribution in [0.2, 0.25) is 0 Å². The molecule has 0 saturated carbocycles. The summed E-state index contributed by atoms with van der Waals surface area (Å²) in [6.07, 6.45) is 0.834. The van der Waals surface area contributed by atoms with Gasteiger partial charge in [-0.2, -0.15) is 0 Å². The molecule has 2 aromatic rings. The second-order valence-corrected chi connectivity index (χ2v) is 4.24. The molecule has 0 unspecified atom stereocenters. The number of para-hydroxylation sites is 1. The summed E-state index contributed by atoms with van der Waals surface area (Å²) < 4.78 is 11.3. The molecule has 0 atom stereocenters. The predicted octanol–water partition coefficient (Wildman–Crippen LogP) is 4.92. The summed E-state index contributed by atoms with van der Waals surface area (Å²) in [5.41, 5.74) is 1.07. The van der Waals surface area contributed by atoms with Crippen LogP contribution in [0.3, 0.4) is 0 Å². The van der Waals surface area contributed by atoms with Gasteiger partial charge < -0.3 is 9.47 Å². The zero-order chi connectivity index (χ0) is 13.5. The van der Waals surface area contributed by atoms with E-state index < -0.39 is 0 Å².